The van der Waals surface area contributed by atoms with Crippen LogP contribution in [0, 0.1) is 0 Å². The fraction of sp³-hybridized carbons (Fsp3) is 0.111. The number of rotatable bonds is 0. The Kier molecular flexibility index (Phi) is 4.73. The van der Waals surface area contributed by atoms with E-state index in [1.165, 1.54) is 0 Å². The van der Waals surface area contributed by atoms with Gasteiger partial charge in [-0.2, -0.15) is 0 Å². The summed E-state index contributed by atoms with van der Waals surface area (Å²) in [6.45, 7) is 0. The zero-order chi connectivity index (χ0) is 10.1. The Labute approximate surface area is 115 Å². The van der Waals surface area contributed by atoms with Crippen LogP contribution in [-0.4, -0.2) is 8.42 Å². The SMILES string of the molecule is O=S1Cc2ccccc2S(=O)/C1=C/[O-].[Na+]. The minimum atomic E-state index is -1.53. The van der Waals surface area contributed by atoms with Gasteiger partial charge in [-0.1, -0.05) is 18.2 Å². The van der Waals surface area contributed by atoms with Crippen LogP contribution in [0.3, 0.4) is 0 Å². The summed E-state index contributed by atoms with van der Waals surface area (Å²) in [4.78, 5) is 0.606. The van der Waals surface area contributed by atoms with Gasteiger partial charge in [0.15, 0.2) is 0 Å². The first-order valence-corrected chi connectivity index (χ1v) is 6.41. The molecule has 0 bridgehead atoms. The molecule has 2 atom stereocenters. The van der Waals surface area contributed by atoms with Crippen molar-refractivity contribution in [1.82, 2.24) is 0 Å². The summed E-state index contributed by atoms with van der Waals surface area (Å²) in [6, 6.07) is 7.05. The van der Waals surface area contributed by atoms with E-state index in [1.807, 2.05) is 0 Å². The summed E-state index contributed by atoms with van der Waals surface area (Å²) in [7, 11) is -2.96. The van der Waals surface area contributed by atoms with Gasteiger partial charge < -0.3 is 5.11 Å². The van der Waals surface area contributed by atoms with Gasteiger partial charge in [-0.25, -0.2) is 4.21 Å². The van der Waals surface area contributed by atoms with E-state index in [0.29, 0.717) is 11.2 Å². The number of hydrogen-bond donors (Lipinski definition) is 0. The molecule has 1 aliphatic heterocycles. The first kappa shape index (κ1) is 13.1. The molecule has 0 aliphatic carbocycles. The van der Waals surface area contributed by atoms with Gasteiger partial charge in [-0.15, -0.1) is 6.26 Å². The van der Waals surface area contributed by atoms with Crippen LogP contribution < -0.4 is 34.7 Å². The van der Waals surface area contributed by atoms with Crippen LogP contribution in [0.4, 0.5) is 0 Å². The van der Waals surface area contributed by atoms with Gasteiger partial charge in [0.1, 0.15) is 0 Å². The normalized spacial score (nSPS) is 26.8. The van der Waals surface area contributed by atoms with Gasteiger partial charge in [-0.05, 0) is 11.6 Å². The predicted molar refractivity (Wildman–Crippen MR) is 52.8 cm³/mol. The van der Waals surface area contributed by atoms with E-state index in [9.17, 15) is 13.5 Å². The second-order valence-corrected chi connectivity index (χ2v) is 5.90. The molecule has 0 saturated heterocycles. The van der Waals surface area contributed by atoms with Crippen molar-refractivity contribution in [3.63, 3.8) is 0 Å². The fourth-order valence-electron chi connectivity index (χ4n) is 1.31. The Morgan fingerprint density at radius 2 is 1.93 bits per heavy atom. The van der Waals surface area contributed by atoms with E-state index in [0.717, 1.165) is 5.56 Å². The minimum Gasteiger partial charge on any atom is -0.877 e. The summed E-state index contributed by atoms with van der Waals surface area (Å²) in [6.07, 6.45) is 0.447. The molecule has 0 spiro atoms. The van der Waals surface area contributed by atoms with Gasteiger partial charge in [0, 0.05) is 4.90 Å². The summed E-state index contributed by atoms with van der Waals surface area (Å²) >= 11 is 0. The number of hydrogen-bond acceptors (Lipinski definition) is 3. The third-order valence-corrected chi connectivity index (χ3v) is 5.35. The Balaban J connectivity index is 0.00000112. The molecule has 0 fully saturated rings. The molecular weight excluding hydrogens is 243 g/mol. The third kappa shape index (κ3) is 2.42. The van der Waals surface area contributed by atoms with Crippen molar-refractivity contribution in [2.75, 3.05) is 0 Å². The molecular formula is C9H7NaO3S2. The van der Waals surface area contributed by atoms with E-state index in [2.05, 4.69) is 0 Å². The topological polar surface area (TPSA) is 57.2 Å². The third-order valence-electron chi connectivity index (χ3n) is 1.96. The van der Waals surface area contributed by atoms with Crippen molar-refractivity contribution in [2.24, 2.45) is 0 Å². The molecule has 2 rings (SSSR count). The van der Waals surface area contributed by atoms with Crippen LogP contribution in [0.1, 0.15) is 5.56 Å². The molecule has 1 aromatic rings. The van der Waals surface area contributed by atoms with E-state index in [1.54, 1.807) is 24.3 Å². The van der Waals surface area contributed by atoms with Gasteiger partial charge >= 0.3 is 29.6 Å². The molecule has 2 unspecified atom stereocenters. The number of fused-ring (bicyclic) bond motifs is 1. The molecule has 3 nitrogen and oxygen atoms in total. The first-order chi connectivity index (χ1) is 6.74. The van der Waals surface area contributed by atoms with Gasteiger partial charge in [-0.3, -0.25) is 4.21 Å². The van der Waals surface area contributed by atoms with E-state index >= 15 is 0 Å². The van der Waals surface area contributed by atoms with Crippen molar-refractivity contribution in [1.29, 1.82) is 0 Å². The van der Waals surface area contributed by atoms with E-state index in [-0.39, 0.29) is 39.5 Å². The summed E-state index contributed by atoms with van der Waals surface area (Å²) in [5, 5.41) is 10.6. The molecule has 0 N–H and O–H groups in total. The Morgan fingerprint density at radius 1 is 1.27 bits per heavy atom. The molecule has 6 heteroatoms. The molecule has 0 aromatic heterocycles. The predicted octanol–water partition coefficient (Wildman–Crippen LogP) is -2.78. The summed E-state index contributed by atoms with van der Waals surface area (Å²) in [5.74, 6) is 0.288. The van der Waals surface area contributed by atoms with Crippen molar-refractivity contribution < 1.29 is 43.1 Å². The molecule has 1 aromatic carbocycles. The Bertz CT molecular complexity index is 456. The van der Waals surface area contributed by atoms with Crippen molar-refractivity contribution in [3.05, 3.63) is 40.3 Å². The molecule has 0 saturated carbocycles. The van der Waals surface area contributed by atoms with Crippen LogP contribution in [0.15, 0.2) is 39.7 Å². The smallest absolute Gasteiger partial charge is 0.877 e. The molecule has 1 heterocycles. The van der Waals surface area contributed by atoms with E-state index in [4.69, 9.17) is 0 Å². The zero-order valence-corrected chi connectivity index (χ0v) is 11.8. The molecule has 74 valence electrons. The summed E-state index contributed by atoms with van der Waals surface area (Å²) < 4.78 is 23.1. The minimum absolute atomic E-state index is 0. The average molecular weight is 250 g/mol. The zero-order valence-electron chi connectivity index (χ0n) is 8.14. The average Bonchev–Trinajstić information content (AvgIpc) is 2.18. The second kappa shape index (κ2) is 5.41. The van der Waals surface area contributed by atoms with Gasteiger partial charge in [0.05, 0.1) is 31.6 Å². The largest absolute Gasteiger partial charge is 1.00 e. The summed E-state index contributed by atoms with van der Waals surface area (Å²) in [5.41, 5.74) is 0.801. The van der Waals surface area contributed by atoms with Crippen LogP contribution in [-0.2, 0) is 27.4 Å². The van der Waals surface area contributed by atoms with Gasteiger partial charge in [0.2, 0.25) is 0 Å². The standard InChI is InChI=1S/C9H8O3S2.Na/c10-5-9-13(11)6-7-3-1-2-4-8(7)14(9)12;/h1-5,10H,6H2;/q;+1/p-1/b9-5+;. The quantitative estimate of drug-likeness (QED) is 0.370. The maximum Gasteiger partial charge on any atom is 1.00 e. The van der Waals surface area contributed by atoms with E-state index < -0.39 is 21.6 Å². The van der Waals surface area contributed by atoms with Crippen LogP contribution in [0.25, 0.3) is 0 Å². The first-order valence-electron chi connectivity index (χ1n) is 3.94. The molecule has 15 heavy (non-hydrogen) atoms. The van der Waals surface area contributed by atoms with Crippen molar-refractivity contribution >= 4 is 21.6 Å². The number of benzene rings is 1. The fourth-order valence-corrected chi connectivity index (χ4v) is 4.19. The van der Waals surface area contributed by atoms with Crippen molar-refractivity contribution in [3.8, 4) is 0 Å². The van der Waals surface area contributed by atoms with Crippen LogP contribution >= 0.6 is 0 Å². The molecule has 0 amide bonds. The van der Waals surface area contributed by atoms with Crippen LogP contribution in [0.2, 0.25) is 0 Å². The second-order valence-electron chi connectivity index (χ2n) is 2.80. The maximum absolute atomic E-state index is 11.7. The Morgan fingerprint density at radius 3 is 2.60 bits per heavy atom. The van der Waals surface area contributed by atoms with Gasteiger partial charge in [0.25, 0.3) is 0 Å². The monoisotopic (exact) mass is 250 g/mol. The van der Waals surface area contributed by atoms with Crippen LogP contribution in [0.5, 0.6) is 0 Å². The maximum atomic E-state index is 11.7. The van der Waals surface area contributed by atoms with Crippen molar-refractivity contribution in [2.45, 2.75) is 10.6 Å². The Hall–Kier alpha value is 0.0600. The molecule has 1 aliphatic rings. The molecule has 0 radical (unpaired) electrons.